The zero-order valence-electron chi connectivity index (χ0n) is 19.0. The average molecular weight is 453 g/mol. The number of nitrogens with two attached hydrogens (primary N) is 3. The fourth-order valence-corrected chi connectivity index (χ4v) is 4.22. The minimum Gasteiger partial charge on any atom is -0.395 e. The number of aryl methyl sites for hydroxylation is 1. The number of allylic oxidation sites excluding steroid dienone is 2. The number of thiol groups is 1. The van der Waals surface area contributed by atoms with Crippen molar-refractivity contribution in [2.45, 2.75) is 45.4 Å². The first kappa shape index (κ1) is 24.3. The van der Waals surface area contributed by atoms with Crippen LogP contribution in [0.1, 0.15) is 50.2 Å². The highest BCUT2D eigenvalue weighted by molar-refractivity contribution is 7.78. The Morgan fingerprint density at radius 1 is 1.28 bits per heavy atom. The molecule has 0 fully saturated rings. The van der Waals surface area contributed by atoms with Crippen LogP contribution >= 0.6 is 12.8 Å². The van der Waals surface area contributed by atoms with Crippen molar-refractivity contribution in [2.75, 3.05) is 31.1 Å². The molecule has 1 atom stereocenters. The molecular weight excluding hydrogens is 416 g/mol. The molecule has 0 aliphatic heterocycles. The summed E-state index contributed by atoms with van der Waals surface area (Å²) in [6, 6.07) is 6.39. The van der Waals surface area contributed by atoms with E-state index in [2.05, 4.69) is 65.9 Å². The highest BCUT2D eigenvalue weighted by atomic mass is 32.1. The van der Waals surface area contributed by atoms with Crippen LogP contribution in [0.5, 0.6) is 0 Å². The van der Waals surface area contributed by atoms with Gasteiger partial charge >= 0.3 is 0 Å². The maximum atomic E-state index is 6.51. The first-order valence-electron chi connectivity index (χ1n) is 11.5. The van der Waals surface area contributed by atoms with Crippen molar-refractivity contribution in [3.63, 3.8) is 0 Å². The Hall–Kier alpha value is -2.35. The van der Waals surface area contributed by atoms with E-state index in [9.17, 15) is 0 Å². The number of benzene rings is 1. The van der Waals surface area contributed by atoms with Gasteiger partial charge in [0, 0.05) is 36.3 Å². The molecule has 172 valence electrons. The van der Waals surface area contributed by atoms with Crippen molar-refractivity contribution < 1.29 is 0 Å². The molecule has 32 heavy (non-hydrogen) atoms. The molecule has 1 heterocycles. The number of nitrogens with zero attached hydrogens (tertiary/aromatic N) is 2. The normalized spacial score (nSPS) is 16.5. The number of nitrogen functional groups attached to an aromatic ring is 2. The molecular formula is C25H36N6S. The highest BCUT2D eigenvalue weighted by Crippen LogP contribution is 2.32. The number of unbranched alkanes of at least 4 members (excludes halogenated alkanes) is 1. The predicted molar refractivity (Wildman–Crippen MR) is 141 cm³/mol. The van der Waals surface area contributed by atoms with Gasteiger partial charge in [0.15, 0.2) is 0 Å². The number of aromatic nitrogens is 1. The fourth-order valence-electron chi connectivity index (χ4n) is 4.06. The second-order valence-corrected chi connectivity index (χ2v) is 8.69. The lowest BCUT2D eigenvalue weighted by Crippen LogP contribution is -2.15. The van der Waals surface area contributed by atoms with Gasteiger partial charge in [0.05, 0.1) is 11.2 Å². The monoisotopic (exact) mass is 452 g/mol. The summed E-state index contributed by atoms with van der Waals surface area (Å²) in [6.07, 6.45) is 12.5. The number of hydrogen-bond acceptors (Lipinski definition) is 7. The van der Waals surface area contributed by atoms with E-state index >= 15 is 0 Å². The van der Waals surface area contributed by atoms with Crippen molar-refractivity contribution in [1.29, 1.82) is 0 Å². The largest absolute Gasteiger partial charge is 0.395 e. The van der Waals surface area contributed by atoms with E-state index in [-0.39, 0.29) is 0 Å². The van der Waals surface area contributed by atoms with Gasteiger partial charge in [-0.05, 0) is 55.2 Å². The van der Waals surface area contributed by atoms with Gasteiger partial charge in [0.1, 0.15) is 5.82 Å². The molecule has 0 saturated heterocycles. The first-order chi connectivity index (χ1) is 15.6. The average Bonchev–Trinajstić information content (AvgIpc) is 2.80. The van der Waals surface area contributed by atoms with Crippen molar-refractivity contribution in [1.82, 2.24) is 9.71 Å². The van der Waals surface area contributed by atoms with Crippen molar-refractivity contribution in [2.24, 2.45) is 16.6 Å². The lowest BCUT2D eigenvalue weighted by atomic mass is 9.88. The van der Waals surface area contributed by atoms with Crippen molar-refractivity contribution >= 4 is 40.9 Å². The predicted octanol–water partition coefficient (Wildman–Crippen LogP) is 4.21. The molecule has 0 radical (unpaired) electrons. The van der Waals surface area contributed by atoms with E-state index in [4.69, 9.17) is 22.2 Å². The third kappa shape index (κ3) is 6.12. The third-order valence-corrected chi connectivity index (χ3v) is 6.15. The standard InChI is InChI=1S/C25H36N6S/c1-2-3-12-29-22(15-18-6-8-19(16-26)9-7-18)23-20-11-10-17(5-4-13-30-32)14-21(20)31-25(28)24(23)27/h6,8-11,14,18,30,32H,2-5,7,12-13,15-16,26-27H2,1H3,(H2,28,31). The number of hydrogen-bond donors (Lipinski definition) is 5. The number of rotatable bonds is 11. The maximum Gasteiger partial charge on any atom is 0.148 e. The molecule has 0 spiro atoms. The minimum absolute atomic E-state index is 0.363. The first-order valence-corrected chi connectivity index (χ1v) is 12.0. The van der Waals surface area contributed by atoms with E-state index in [1.54, 1.807) is 0 Å². The van der Waals surface area contributed by atoms with Gasteiger partial charge in [-0.25, -0.2) is 4.98 Å². The zero-order chi connectivity index (χ0) is 22.9. The smallest absolute Gasteiger partial charge is 0.148 e. The number of anilines is 2. The SMILES string of the molecule is CCCCN=C(CC1C=CC(CN)=CC1)c1c(N)c(N)nc2cc(CCCNS)ccc12. The lowest BCUT2D eigenvalue weighted by Gasteiger charge is -2.20. The molecule has 1 aromatic carbocycles. The van der Waals surface area contributed by atoms with Crippen LogP contribution in [0.3, 0.4) is 0 Å². The summed E-state index contributed by atoms with van der Waals surface area (Å²) in [5, 5.41) is 1.01. The van der Waals surface area contributed by atoms with E-state index in [0.717, 1.165) is 73.8 Å². The maximum absolute atomic E-state index is 6.51. The summed E-state index contributed by atoms with van der Waals surface area (Å²) in [6.45, 7) is 4.39. The Morgan fingerprint density at radius 2 is 2.12 bits per heavy atom. The second kappa shape index (κ2) is 12.0. The van der Waals surface area contributed by atoms with E-state index in [0.29, 0.717) is 24.0 Å². The van der Waals surface area contributed by atoms with Crippen LogP contribution in [0.2, 0.25) is 0 Å². The Labute approximate surface area is 197 Å². The Bertz CT molecular complexity index is 1010. The molecule has 0 bridgehead atoms. The summed E-state index contributed by atoms with van der Waals surface area (Å²) in [5.41, 5.74) is 24.3. The number of pyridine rings is 1. The number of nitrogens with one attached hydrogen (secondary N) is 1. The molecule has 3 rings (SSSR count). The van der Waals surface area contributed by atoms with Crippen LogP contribution in [0.15, 0.2) is 47.0 Å². The van der Waals surface area contributed by atoms with Crippen LogP contribution in [0.25, 0.3) is 10.9 Å². The minimum atomic E-state index is 0.363. The highest BCUT2D eigenvalue weighted by Gasteiger charge is 2.20. The Kier molecular flexibility index (Phi) is 9.14. The van der Waals surface area contributed by atoms with Crippen LogP contribution in [-0.2, 0) is 6.42 Å². The van der Waals surface area contributed by atoms with Gasteiger partial charge in [0.25, 0.3) is 0 Å². The van der Waals surface area contributed by atoms with E-state index < -0.39 is 0 Å². The van der Waals surface area contributed by atoms with Gasteiger partial charge in [-0.2, -0.15) is 0 Å². The molecule has 0 amide bonds. The molecule has 1 unspecified atom stereocenters. The molecule has 0 saturated carbocycles. The Morgan fingerprint density at radius 3 is 2.81 bits per heavy atom. The Balaban J connectivity index is 1.98. The zero-order valence-corrected chi connectivity index (χ0v) is 19.9. The molecule has 1 aromatic heterocycles. The molecule has 7 heteroatoms. The third-order valence-electron chi connectivity index (χ3n) is 5.93. The van der Waals surface area contributed by atoms with Crippen molar-refractivity contribution in [3.05, 3.63) is 53.1 Å². The molecule has 6 nitrogen and oxygen atoms in total. The number of fused-ring (bicyclic) bond motifs is 1. The molecule has 2 aromatic rings. The topological polar surface area (TPSA) is 115 Å². The van der Waals surface area contributed by atoms with Gasteiger partial charge in [-0.1, -0.05) is 56.5 Å². The molecule has 7 N–H and O–H groups in total. The summed E-state index contributed by atoms with van der Waals surface area (Å²) in [4.78, 5) is 9.61. The molecule has 1 aliphatic rings. The summed E-state index contributed by atoms with van der Waals surface area (Å²) >= 11 is 4.07. The quantitative estimate of drug-likeness (QED) is 0.199. The molecule has 1 aliphatic carbocycles. The van der Waals surface area contributed by atoms with Crippen LogP contribution in [0, 0.1) is 5.92 Å². The van der Waals surface area contributed by atoms with E-state index in [1.165, 1.54) is 11.1 Å². The summed E-state index contributed by atoms with van der Waals surface area (Å²) < 4.78 is 2.90. The van der Waals surface area contributed by atoms with Crippen LogP contribution in [-0.4, -0.2) is 30.3 Å². The van der Waals surface area contributed by atoms with Crippen LogP contribution in [0.4, 0.5) is 11.5 Å². The van der Waals surface area contributed by atoms with E-state index in [1.807, 2.05) is 0 Å². The van der Waals surface area contributed by atoms with Crippen molar-refractivity contribution in [3.8, 4) is 0 Å². The fraction of sp³-hybridized carbons (Fsp3) is 0.440. The lowest BCUT2D eigenvalue weighted by molar-refractivity contribution is 0.678. The van der Waals surface area contributed by atoms with Gasteiger partial charge in [-0.15, -0.1) is 0 Å². The summed E-state index contributed by atoms with van der Waals surface area (Å²) in [7, 11) is 0. The van der Waals surface area contributed by atoms with Crippen LogP contribution < -0.4 is 21.9 Å². The van der Waals surface area contributed by atoms with Gasteiger partial charge in [-0.3, -0.25) is 9.71 Å². The number of aliphatic imine (C=N–C) groups is 1. The van der Waals surface area contributed by atoms with Gasteiger partial charge in [0.2, 0.25) is 0 Å². The second-order valence-electron chi connectivity index (χ2n) is 8.37. The van der Waals surface area contributed by atoms with Gasteiger partial charge < -0.3 is 17.2 Å². The summed E-state index contributed by atoms with van der Waals surface area (Å²) in [5.74, 6) is 0.733.